The molecule has 0 amide bonds. The Balaban J connectivity index is 1.63. The smallest absolute Gasteiger partial charge is 0.331 e. The second-order valence-corrected chi connectivity index (χ2v) is 8.19. The lowest BCUT2D eigenvalue weighted by Gasteiger charge is -2.05. The summed E-state index contributed by atoms with van der Waals surface area (Å²) in [6.07, 6.45) is 0. The summed E-state index contributed by atoms with van der Waals surface area (Å²) in [5, 5.41) is 6.93. The Bertz CT molecular complexity index is 1630. The number of aromatic nitrogens is 2. The second kappa shape index (κ2) is 8.56. The highest BCUT2D eigenvalue weighted by Crippen LogP contribution is 2.30. The molecule has 5 aromatic rings. The number of nitrogens with zero attached hydrogens (tertiary/aromatic N) is 3. The van der Waals surface area contributed by atoms with Crippen molar-refractivity contribution in [2.75, 3.05) is 0 Å². The molecule has 0 aliphatic heterocycles. The van der Waals surface area contributed by atoms with Crippen LogP contribution < -0.4 is 0 Å². The van der Waals surface area contributed by atoms with E-state index in [1.807, 2.05) is 66.7 Å². The van der Waals surface area contributed by atoms with Crippen molar-refractivity contribution in [1.82, 2.24) is 9.55 Å². The predicted molar refractivity (Wildman–Crippen MR) is 134 cm³/mol. The Hall–Kier alpha value is -4.32. The van der Waals surface area contributed by atoms with Gasteiger partial charge in [0.1, 0.15) is 5.69 Å². The molecule has 34 heavy (non-hydrogen) atoms. The summed E-state index contributed by atoms with van der Waals surface area (Å²) < 4.78 is 2.17. The van der Waals surface area contributed by atoms with Gasteiger partial charge in [-0.3, -0.25) is 4.79 Å². The summed E-state index contributed by atoms with van der Waals surface area (Å²) in [6.45, 7) is 5.94. The molecule has 6 nitrogen and oxygen atoms in total. The van der Waals surface area contributed by atoms with Gasteiger partial charge in [0.25, 0.3) is 0 Å². The molecule has 0 bridgehead atoms. The Morgan fingerprint density at radius 3 is 2.38 bits per heavy atom. The SMILES string of the molecule is CCn1c2ccc(/C(C)=N/OC(C)=O)cc2c2nc(C(=O)c3ccc4ccccc4c3)ccc21. The van der Waals surface area contributed by atoms with Crippen molar-refractivity contribution in [3.8, 4) is 0 Å². The van der Waals surface area contributed by atoms with E-state index in [0.717, 1.165) is 44.8 Å². The van der Waals surface area contributed by atoms with Gasteiger partial charge in [0.2, 0.25) is 5.78 Å². The van der Waals surface area contributed by atoms with E-state index in [1.54, 1.807) is 13.0 Å². The van der Waals surface area contributed by atoms with Crippen molar-refractivity contribution < 1.29 is 14.4 Å². The Morgan fingerprint density at radius 1 is 0.882 bits per heavy atom. The number of carbonyl (C=O) groups excluding carboxylic acids is 2. The Labute approximate surface area is 196 Å². The van der Waals surface area contributed by atoms with Gasteiger partial charge < -0.3 is 9.40 Å². The molecular formula is C28H23N3O3. The molecule has 5 rings (SSSR count). The van der Waals surface area contributed by atoms with E-state index < -0.39 is 5.97 Å². The third kappa shape index (κ3) is 3.73. The van der Waals surface area contributed by atoms with Crippen molar-refractivity contribution in [2.24, 2.45) is 5.16 Å². The fourth-order valence-corrected chi connectivity index (χ4v) is 4.31. The molecule has 3 aromatic carbocycles. The lowest BCUT2D eigenvalue weighted by atomic mass is 10.0. The first-order valence-corrected chi connectivity index (χ1v) is 11.2. The molecule has 0 aliphatic carbocycles. The lowest BCUT2D eigenvalue weighted by molar-refractivity contribution is -0.140. The third-order valence-corrected chi connectivity index (χ3v) is 6.00. The molecule has 2 heterocycles. The van der Waals surface area contributed by atoms with Gasteiger partial charge in [0, 0.05) is 24.4 Å². The van der Waals surface area contributed by atoms with Crippen LogP contribution in [0.2, 0.25) is 0 Å². The molecule has 0 fully saturated rings. The molecule has 168 valence electrons. The maximum absolute atomic E-state index is 13.3. The number of carbonyl (C=O) groups is 2. The van der Waals surface area contributed by atoms with Gasteiger partial charge in [-0.1, -0.05) is 47.6 Å². The van der Waals surface area contributed by atoms with Gasteiger partial charge in [-0.25, -0.2) is 9.78 Å². The summed E-state index contributed by atoms with van der Waals surface area (Å²) in [4.78, 5) is 34.1. The topological polar surface area (TPSA) is 73.6 Å². The fourth-order valence-electron chi connectivity index (χ4n) is 4.31. The average molecular weight is 450 g/mol. The van der Waals surface area contributed by atoms with E-state index in [9.17, 15) is 9.59 Å². The summed E-state index contributed by atoms with van der Waals surface area (Å²) in [5.74, 6) is -0.588. The minimum Gasteiger partial charge on any atom is -0.339 e. The highest BCUT2D eigenvalue weighted by atomic mass is 16.7. The van der Waals surface area contributed by atoms with Gasteiger partial charge >= 0.3 is 5.97 Å². The van der Waals surface area contributed by atoms with Crippen molar-refractivity contribution in [3.05, 3.63) is 89.6 Å². The predicted octanol–water partition coefficient (Wildman–Crippen LogP) is 5.88. The first-order chi connectivity index (χ1) is 16.5. The fraction of sp³-hybridized carbons (Fsp3) is 0.143. The van der Waals surface area contributed by atoms with E-state index in [1.165, 1.54) is 6.92 Å². The van der Waals surface area contributed by atoms with Gasteiger partial charge in [0.05, 0.1) is 22.3 Å². The molecule has 0 aliphatic rings. The molecule has 0 N–H and O–H groups in total. The third-order valence-electron chi connectivity index (χ3n) is 6.00. The number of fused-ring (bicyclic) bond motifs is 4. The van der Waals surface area contributed by atoms with Crippen LogP contribution in [0.1, 0.15) is 42.4 Å². The molecule has 0 saturated heterocycles. The van der Waals surface area contributed by atoms with Crippen LogP contribution in [0.5, 0.6) is 0 Å². The molecule has 6 heteroatoms. The van der Waals surface area contributed by atoms with E-state index in [2.05, 4.69) is 16.6 Å². The number of oxime groups is 1. The summed E-state index contributed by atoms with van der Waals surface area (Å²) in [7, 11) is 0. The molecule has 0 unspecified atom stereocenters. The molecular weight excluding hydrogens is 426 g/mol. The van der Waals surface area contributed by atoms with Crippen LogP contribution in [0.15, 0.2) is 78.0 Å². The number of pyridine rings is 1. The minimum absolute atomic E-state index is 0.117. The number of ketones is 1. The number of benzene rings is 3. The monoisotopic (exact) mass is 449 g/mol. The molecule has 0 atom stereocenters. The average Bonchev–Trinajstić information content (AvgIpc) is 3.18. The number of rotatable bonds is 5. The van der Waals surface area contributed by atoms with E-state index in [-0.39, 0.29) is 5.78 Å². The normalized spacial score (nSPS) is 11.9. The Morgan fingerprint density at radius 2 is 1.62 bits per heavy atom. The zero-order valence-electron chi connectivity index (χ0n) is 19.2. The molecule has 2 aromatic heterocycles. The molecule has 0 spiro atoms. The van der Waals surface area contributed by atoms with Crippen LogP contribution in [0, 0.1) is 0 Å². The van der Waals surface area contributed by atoms with E-state index >= 15 is 0 Å². The summed E-state index contributed by atoms with van der Waals surface area (Å²) in [6, 6.07) is 23.4. The second-order valence-electron chi connectivity index (χ2n) is 8.19. The summed E-state index contributed by atoms with van der Waals surface area (Å²) >= 11 is 0. The number of hydrogen-bond donors (Lipinski definition) is 0. The summed E-state index contributed by atoms with van der Waals surface area (Å²) in [5.41, 5.74) is 5.13. The van der Waals surface area contributed by atoms with E-state index in [0.29, 0.717) is 17.0 Å². The van der Waals surface area contributed by atoms with Crippen molar-refractivity contribution >= 4 is 50.2 Å². The first-order valence-electron chi connectivity index (χ1n) is 11.2. The molecule has 0 saturated carbocycles. The number of aryl methyl sites for hydroxylation is 1. The van der Waals surface area contributed by atoms with Crippen LogP contribution in [-0.4, -0.2) is 27.0 Å². The van der Waals surface area contributed by atoms with Crippen molar-refractivity contribution in [1.29, 1.82) is 0 Å². The highest BCUT2D eigenvalue weighted by molar-refractivity contribution is 6.13. The lowest BCUT2D eigenvalue weighted by Crippen LogP contribution is -2.04. The van der Waals surface area contributed by atoms with Gasteiger partial charge in [0.15, 0.2) is 0 Å². The maximum Gasteiger partial charge on any atom is 0.331 e. The maximum atomic E-state index is 13.3. The molecule has 0 radical (unpaired) electrons. The van der Waals surface area contributed by atoms with Gasteiger partial charge in [-0.05, 0) is 60.5 Å². The largest absolute Gasteiger partial charge is 0.339 e. The zero-order chi connectivity index (χ0) is 23.8. The standard InChI is InChI=1S/C28H23N3O3/c1-4-31-25-13-11-20(17(2)30-34-18(3)32)16-23(25)27-26(31)14-12-24(29-27)28(33)22-10-9-19-7-5-6-8-21(19)15-22/h5-16H,4H2,1-3H3/b30-17+. The highest BCUT2D eigenvalue weighted by Gasteiger charge is 2.17. The first kappa shape index (κ1) is 21.5. The van der Waals surface area contributed by atoms with Crippen LogP contribution in [-0.2, 0) is 16.2 Å². The van der Waals surface area contributed by atoms with Crippen LogP contribution in [0.4, 0.5) is 0 Å². The minimum atomic E-state index is -0.471. The van der Waals surface area contributed by atoms with Gasteiger partial charge in [-0.2, -0.15) is 0 Å². The van der Waals surface area contributed by atoms with Crippen molar-refractivity contribution in [3.63, 3.8) is 0 Å². The van der Waals surface area contributed by atoms with Crippen LogP contribution in [0.3, 0.4) is 0 Å². The van der Waals surface area contributed by atoms with Gasteiger partial charge in [-0.15, -0.1) is 0 Å². The quantitative estimate of drug-likeness (QED) is 0.145. The zero-order valence-corrected chi connectivity index (χ0v) is 19.2. The number of hydrogen-bond acceptors (Lipinski definition) is 5. The van der Waals surface area contributed by atoms with Crippen LogP contribution in [0.25, 0.3) is 32.7 Å². The van der Waals surface area contributed by atoms with Crippen molar-refractivity contribution in [2.45, 2.75) is 27.3 Å². The van der Waals surface area contributed by atoms with E-state index in [4.69, 9.17) is 9.82 Å². The van der Waals surface area contributed by atoms with Crippen LogP contribution >= 0.6 is 0 Å². The Kier molecular flexibility index (Phi) is 5.42.